The van der Waals surface area contributed by atoms with Crippen LogP contribution >= 0.6 is 0 Å². The van der Waals surface area contributed by atoms with Crippen molar-refractivity contribution in [3.05, 3.63) is 53.6 Å². The van der Waals surface area contributed by atoms with Crippen LogP contribution in [-0.4, -0.2) is 26.1 Å². The molecular formula is C17H20O5. The van der Waals surface area contributed by atoms with Gasteiger partial charge in [0.15, 0.2) is 6.79 Å². The van der Waals surface area contributed by atoms with E-state index < -0.39 is 0 Å². The molecular weight excluding hydrogens is 284 g/mol. The van der Waals surface area contributed by atoms with E-state index in [1.165, 1.54) is 0 Å². The Morgan fingerprint density at radius 2 is 1.64 bits per heavy atom. The van der Waals surface area contributed by atoms with Gasteiger partial charge in [-0.1, -0.05) is 12.1 Å². The largest absolute Gasteiger partial charge is 0.497 e. The van der Waals surface area contributed by atoms with Gasteiger partial charge >= 0.3 is 0 Å². The molecule has 0 saturated heterocycles. The van der Waals surface area contributed by atoms with Crippen LogP contribution in [0.1, 0.15) is 11.1 Å². The second-order valence-electron chi connectivity index (χ2n) is 4.59. The highest BCUT2D eigenvalue weighted by Crippen LogP contribution is 2.24. The summed E-state index contributed by atoms with van der Waals surface area (Å²) < 4.78 is 21.2. The van der Waals surface area contributed by atoms with Crippen LogP contribution in [0, 0.1) is 0 Å². The van der Waals surface area contributed by atoms with Crippen molar-refractivity contribution in [2.24, 2.45) is 0 Å². The highest BCUT2D eigenvalue weighted by Gasteiger charge is 2.04. The van der Waals surface area contributed by atoms with Gasteiger partial charge in [0, 0.05) is 5.56 Å². The fourth-order valence-corrected chi connectivity index (χ4v) is 1.96. The molecule has 0 aliphatic carbocycles. The number of benzene rings is 2. The molecule has 5 nitrogen and oxygen atoms in total. The Balaban J connectivity index is 1.80. The molecule has 2 aromatic carbocycles. The number of hydrogen-bond donors (Lipinski definition) is 1. The minimum absolute atomic E-state index is 0.104. The maximum atomic E-state index is 9.26. The van der Waals surface area contributed by atoms with Crippen LogP contribution in [0.4, 0.5) is 0 Å². The number of aliphatic hydroxyl groups is 1. The Kier molecular flexibility index (Phi) is 6.06. The van der Waals surface area contributed by atoms with E-state index in [1.54, 1.807) is 32.4 Å². The van der Waals surface area contributed by atoms with Crippen LogP contribution in [0.3, 0.4) is 0 Å². The number of rotatable bonds is 8. The van der Waals surface area contributed by atoms with Crippen LogP contribution in [0.15, 0.2) is 42.5 Å². The molecule has 0 aromatic heterocycles. The molecule has 2 aromatic rings. The van der Waals surface area contributed by atoms with E-state index in [0.29, 0.717) is 23.7 Å². The first-order chi connectivity index (χ1) is 10.8. The van der Waals surface area contributed by atoms with Gasteiger partial charge in [-0.05, 0) is 35.9 Å². The molecule has 0 aliphatic heterocycles. The molecule has 0 fully saturated rings. The van der Waals surface area contributed by atoms with Crippen LogP contribution < -0.4 is 14.2 Å². The third-order valence-electron chi connectivity index (χ3n) is 3.16. The van der Waals surface area contributed by atoms with Gasteiger partial charge in [-0.3, -0.25) is 0 Å². The summed E-state index contributed by atoms with van der Waals surface area (Å²) in [6, 6.07) is 12.9. The predicted octanol–water partition coefficient (Wildman–Crippen LogP) is 2.75. The average molecular weight is 304 g/mol. The van der Waals surface area contributed by atoms with Crippen molar-refractivity contribution in [3.8, 4) is 17.2 Å². The van der Waals surface area contributed by atoms with E-state index in [0.717, 1.165) is 11.3 Å². The topological polar surface area (TPSA) is 57.2 Å². The molecule has 118 valence electrons. The van der Waals surface area contributed by atoms with Crippen molar-refractivity contribution >= 4 is 0 Å². The Labute approximate surface area is 130 Å². The van der Waals surface area contributed by atoms with E-state index in [1.807, 2.05) is 24.3 Å². The van der Waals surface area contributed by atoms with Gasteiger partial charge in [-0.25, -0.2) is 0 Å². The molecule has 0 saturated carbocycles. The molecule has 0 bridgehead atoms. The zero-order valence-corrected chi connectivity index (χ0v) is 12.7. The van der Waals surface area contributed by atoms with Gasteiger partial charge < -0.3 is 24.1 Å². The average Bonchev–Trinajstić information content (AvgIpc) is 2.59. The van der Waals surface area contributed by atoms with Crippen molar-refractivity contribution in [3.63, 3.8) is 0 Å². The van der Waals surface area contributed by atoms with Crippen LogP contribution in [0.5, 0.6) is 17.2 Å². The summed E-state index contributed by atoms with van der Waals surface area (Å²) in [5.74, 6) is 2.07. The van der Waals surface area contributed by atoms with Gasteiger partial charge in [-0.2, -0.15) is 0 Å². The lowest BCUT2D eigenvalue weighted by Crippen LogP contribution is -2.03. The summed E-state index contributed by atoms with van der Waals surface area (Å²) in [4.78, 5) is 0. The second-order valence-corrected chi connectivity index (χ2v) is 4.59. The lowest BCUT2D eigenvalue weighted by Gasteiger charge is -2.11. The summed E-state index contributed by atoms with van der Waals surface area (Å²) in [5, 5.41) is 9.26. The summed E-state index contributed by atoms with van der Waals surface area (Å²) >= 11 is 0. The SMILES string of the molecule is COc1ccc(COCOc2ccc(OC)c(CO)c2)cc1. The van der Waals surface area contributed by atoms with Crippen LogP contribution in [-0.2, 0) is 18.0 Å². The summed E-state index contributed by atoms with van der Waals surface area (Å²) in [6.45, 7) is 0.476. The molecule has 0 unspecified atom stereocenters. The lowest BCUT2D eigenvalue weighted by atomic mass is 10.2. The Hall–Kier alpha value is -2.24. The molecule has 22 heavy (non-hydrogen) atoms. The first-order valence-electron chi connectivity index (χ1n) is 6.88. The summed E-state index contributed by atoms with van der Waals surface area (Å²) in [6.07, 6.45) is 0. The quantitative estimate of drug-likeness (QED) is 0.600. The molecule has 0 aliphatic rings. The van der Waals surface area contributed by atoms with Gasteiger partial charge in [0.25, 0.3) is 0 Å². The fourth-order valence-electron chi connectivity index (χ4n) is 1.96. The van der Waals surface area contributed by atoms with Crippen molar-refractivity contribution in [2.45, 2.75) is 13.2 Å². The summed E-state index contributed by atoms with van der Waals surface area (Å²) in [5.41, 5.74) is 1.71. The normalized spacial score (nSPS) is 10.3. The highest BCUT2D eigenvalue weighted by atomic mass is 16.7. The minimum Gasteiger partial charge on any atom is -0.497 e. The number of ether oxygens (including phenoxy) is 4. The highest BCUT2D eigenvalue weighted by molar-refractivity contribution is 5.39. The number of methoxy groups -OCH3 is 2. The van der Waals surface area contributed by atoms with Crippen molar-refractivity contribution < 1.29 is 24.1 Å². The zero-order chi connectivity index (χ0) is 15.8. The van der Waals surface area contributed by atoms with Gasteiger partial charge in [0.2, 0.25) is 0 Å². The van der Waals surface area contributed by atoms with Gasteiger partial charge in [0.05, 0.1) is 27.4 Å². The number of aliphatic hydroxyl groups excluding tert-OH is 1. The Bertz CT molecular complexity index is 580. The molecule has 1 N–H and O–H groups in total. The van der Waals surface area contributed by atoms with Crippen LogP contribution in [0.2, 0.25) is 0 Å². The van der Waals surface area contributed by atoms with E-state index >= 15 is 0 Å². The fraction of sp³-hybridized carbons (Fsp3) is 0.294. The standard InChI is InChI=1S/C17H20O5/c1-19-15-5-3-13(4-6-15)11-21-12-22-16-7-8-17(20-2)14(9-16)10-18/h3-9,18H,10-12H2,1-2H3. The lowest BCUT2D eigenvalue weighted by molar-refractivity contribution is 0.00492. The first-order valence-corrected chi connectivity index (χ1v) is 6.88. The van der Waals surface area contributed by atoms with E-state index in [9.17, 15) is 5.11 Å². The third-order valence-corrected chi connectivity index (χ3v) is 3.16. The monoisotopic (exact) mass is 304 g/mol. The third kappa shape index (κ3) is 4.38. The summed E-state index contributed by atoms with van der Waals surface area (Å²) in [7, 11) is 3.20. The molecule has 0 amide bonds. The maximum Gasteiger partial charge on any atom is 0.189 e. The Morgan fingerprint density at radius 1 is 0.909 bits per heavy atom. The first kappa shape index (κ1) is 16.1. The smallest absolute Gasteiger partial charge is 0.189 e. The van der Waals surface area contributed by atoms with Crippen molar-refractivity contribution in [1.82, 2.24) is 0 Å². The van der Waals surface area contributed by atoms with Crippen LogP contribution in [0.25, 0.3) is 0 Å². The molecule has 0 heterocycles. The van der Waals surface area contributed by atoms with E-state index in [4.69, 9.17) is 18.9 Å². The molecule has 0 radical (unpaired) electrons. The number of hydrogen-bond acceptors (Lipinski definition) is 5. The van der Waals surface area contributed by atoms with Crippen molar-refractivity contribution in [1.29, 1.82) is 0 Å². The molecule has 0 atom stereocenters. The van der Waals surface area contributed by atoms with Crippen molar-refractivity contribution in [2.75, 3.05) is 21.0 Å². The maximum absolute atomic E-state index is 9.26. The van der Waals surface area contributed by atoms with Gasteiger partial charge in [-0.15, -0.1) is 0 Å². The van der Waals surface area contributed by atoms with Gasteiger partial charge in [0.1, 0.15) is 17.2 Å². The molecule has 5 heteroatoms. The Morgan fingerprint density at radius 3 is 2.27 bits per heavy atom. The minimum atomic E-state index is -0.104. The van der Waals surface area contributed by atoms with E-state index in [-0.39, 0.29) is 13.4 Å². The molecule has 0 spiro atoms. The van der Waals surface area contributed by atoms with E-state index in [2.05, 4.69) is 0 Å². The zero-order valence-electron chi connectivity index (χ0n) is 12.7. The predicted molar refractivity (Wildman–Crippen MR) is 82.2 cm³/mol. The molecule has 2 rings (SSSR count). The second kappa shape index (κ2) is 8.26.